The van der Waals surface area contributed by atoms with E-state index in [9.17, 15) is 14.7 Å². The van der Waals surface area contributed by atoms with Gasteiger partial charge in [0.15, 0.2) is 0 Å². The molecule has 0 saturated carbocycles. The molecule has 1 unspecified atom stereocenters. The van der Waals surface area contributed by atoms with Gasteiger partial charge in [-0.15, -0.1) is 0 Å². The molecule has 3 aromatic rings. The molecule has 0 spiro atoms. The summed E-state index contributed by atoms with van der Waals surface area (Å²) >= 11 is 12.4. The van der Waals surface area contributed by atoms with Crippen LogP contribution in [0.1, 0.15) is 76.8 Å². The van der Waals surface area contributed by atoms with E-state index in [1.807, 2.05) is 12.1 Å². The van der Waals surface area contributed by atoms with Gasteiger partial charge < -0.3 is 29.6 Å². The predicted molar refractivity (Wildman–Crippen MR) is 176 cm³/mol. The first-order valence-electron chi connectivity index (χ1n) is 15.2. The van der Waals surface area contributed by atoms with Crippen LogP contribution in [0.5, 0.6) is 11.5 Å². The van der Waals surface area contributed by atoms with Crippen LogP contribution in [0.25, 0.3) is 0 Å². The predicted octanol–water partition coefficient (Wildman–Crippen LogP) is 5.13. The summed E-state index contributed by atoms with van der Waals surface area (Å²) in [6, 6.07) is 19.5. The molecule has 0 bridgehead atoms. The monoisotopic (exact) mass is 664 g/mol. The molecule has 0 saturated heterocycles. The van der Waals surface area contributed by atoms with Crippen molar-refractivity contribution in [2.45, 2.75) is 77.7 Å². The second-order valence-corrected chi connectivity index (χ2v) is 12.2. The molecule has 0 aliphatic carbocycles. The molecule has 45 heavy (non-hydrogen) atoms. The number of nitrogens with one attached hydrogen (secondary N) is 1. The first kappa shape index (κ1) is 38.8. The van der Waals surface area contributed by atoms with E-state index < -0.39 is 11.6 Å². The Morgan fingerprint density at radius 3 is 2.18 bits per heavy atom. The number of amides is 2. The number of urea groups is 1. The molecule has 0 radical (unpaired) electrons. The fourth-order valence-corrected chi connectivity index (χ4v) is 5.06. The molecule has 3 aromatic carbocycles. The van der Waals surface area contributed by atoms with Gasteiger partial charge in [0.05, 0.1) is 28.2 Å². The number of carboxylic acid groups (broad SMARTS) is 1. The normalized spacial score (nSPS) is 12.2. The number of rotatable bonds is 17. The van der Waals surface area contributed by atoms with E-state index in [-0.39, 0.29) is 48.6 Å². The number of carbonyl (C=O) groups excluding carboxylic acids is 2. The molecular formula is C35H43Cl2N2NaO5. The Morgan fingerprint density at radius 2 is 1.56 bits per heavy atom. The van der Waals surface area contributed by atoms with Crippen LogP contribution in [0.3, 0.4) is 0 Å². The first-order valence-corrected chi connectivity index (χ1v) is 16.0. The minimum Gasteiger partial charge on any atom is -0.546 e. The summed E-state index contributed by atoms with van der Waals surface area (Å²) in [6.45, 7) is 9.09. The van der Waals surface area contributed by atoms with Gasteiger partial charge in [0.2, 0.25) is 0 Å². The standard InChI is InChI=1S/C35H44Cl2N2O5.Na/c1-5-6-7-8-9-21-39(34(42)38-31-12-10-11-30(36)32(31)37)22-23-43-28-17-13-26(14-18-28)24-35(4,33(40)41)44-29-19-15-27(16-20-29)25(2)3;/h10-20,25H,5-9,21-24H2,1-4H3,(H,38,42)(H,40,41);/q;+1/p-1. The smallest absolute Gasteiger partial charge is 0.546 e. The van der Waals surface area contributed by atoms with Crippen molar-refractivity contribution in [2.24, 2.45) is 0 Å². The number of benzene rings is 3. The van der Waals surface area contributed by atoms with Crippen LogP contribution < -0.4 is 49.5 Å². The maximum atomic E-state index is 13.1. The van der Waals surface area contributed by atoms with Gasteiger partial charge in [-0.3, -0.25) is 0 Å². The fraction of sp³-hybridized carbons (Fsp3) is 0.429. The molecular weight excluding hydrogens is 622 g/mol. The SMILES string of the molecule is CCCCCCCN(CCOc1ccc(CC(C)(Oc2ccc(C(C)C)cc2)C(=O)[O-])cc1)C(=O)Nc1cccc(Cl)c1Cl.[Na+]. The summed E-state index contributed by atoms with van der Waals surface area (Å²) in [5.74, 6) is 0.145. The number of unbranched alkanes of at least 4 members (excludes halogenated alkanes) is 4. The number of anilines is 1. The Hall–Kier alpha value is -2.42. The van der Waals surface area contributed by atoms with E-state index in [1.54, 1.807) is 59.5 Å². The average Bonchev–Trinajstić information content (AvgIpc) is 2.99. The minimum absolute atomic E-state index is 0. The van der Waals surface area contributed by atoms with Gasteiger partial charge in [0.25, 0.3) is 0 Å². The van der Waals surface area contributed by atoms with Gasteiger partial charge in [0.1, 0.15) is 23.7 Å². The summed E-state index contributed by atoms with van der Waals surface area (Å²) in [6.07, 6.45) is 5.47. The fourth-order valence-electron chi connectivity index (χ4n) is 4.71. The van der Waals surface area contributed by atoms with E-state index >= 15 is 0 Å². The van der Waals surface area contributed by atoms with Crippen molar-refractivity contribution in [3.63, 3.8) is 0 Å². The van der Waals surface area contributed by atoms with E-state index in [2.05, 4.69) is 26.1 Å². The topological polar surface area (TPSA) is 90.9 Å². The van der Waals surface area contributed by atoms with Gasteiger partial charge in [-0.1, -0.05) is 100.0 Å². The number of carboxylic acids is 1. The zero-order chi connectivity index (χ0) is 32.1. The molecule has 0 fully saturated rings. The third-order valence-electron chi connectivity index (χ3n) is 7.43. The van der Waals surface area contributed by atoms with Gasteiger partial charge >= 0.3 is 35.6 Å². The van der Waals surface area contributed by atoms with Gasteiger partial charge in [-0.25, -0.2) is 4.79 Å². The van der Waals surface area contributed by atoms with E-state index in [4.69, 9.17) is 32.7 Å². The van der Waals surface area contributed by atoms with Crippen molar-refractivity contribution >= 4 is 40.9 Å². The van der Waals surface area contributed by atoms with Crippen LogP contribution >= 0.6 is 23.2 Å². The Bertz CT molecular complexity index is 1360. The molecule has 0 aliphatic heterocycles. The van der Waals surface area contributed by atoms with Crippen LogP contribution in [0.2, 0.25) is 10.0 Å². The quantitative estimate of drug-likeness (QED) is 0.160. The maximum absolute atomic E-state index is 13.1. The Labute approximate surface area is 299 Å². The number of carbonyl (C=O) groups is 2. The van der Waals surface area contributed by atoms with Crippen LogP contribution in [-0.4, -0.2) is 42.2 Å². The first-order chi connectivity index (χ1) is 21.0. The Balaban J connectivity index is 0.00000705. The molecule has 7 nitrogen and oxygen atoms in total. The number of halogens is 2. The molecule has 0 aliphatic rings. The second kappa shape index (κ2) is 19.3. The van der Waals surface area contributed by atoms with Gasteiger partial charge in [-0.2, -0.15) is 0 Å². The number of aliphatic carboxylic acids is 1. The molecule has 1 N–H and O–H groups in total. The van der Waals surface area contributed by atoms with Gasteiger partial charge in [0, 0.05) is 13.0 Å². The Morgan fingerprint density at radius 1 is 0.911 bits per heavy atom. The Kier molecular flexibility index (Phi) is 16.6. The van der Waals surface area contributed by atoms with Gasteiger partial charge in [-0.05, 0) is 66.8 Å². The third-order valence-corrected chi connectivity index (χ3v) is 8.25. The zero-order valence-corrected chi connectivity index (χ0v) is 30.5. The van der Waals surface area contributed by atoms with Crippen LogP contribution in [-0.2, 0) is 11.2 Å². The van der Waals surface area contributed by atoms with Crippen molar-refractivity contribution in [1.29, 1.82) is 0 Å². The maximum Gasteiger partial charge on any atom is 1.00 e. The summed E-state index contributed by atoms with van der Waals surface area (Å²) in [7, 11) is 0. The van der Waals surface area contributed by atoms with Crippen LogP contribution in [0, 0.1) is 0 Å². The van der Waals surface area contributed by atoms with E-state index in [0.717, 1.165) is 36.8 Å². The van der Waals surface area contributed by atoms with Crippen molar-refractivity contribution in [3.8, 4) is 11.5 Å². The van der Waals surface area contributed by atoms with Crippen molar-refractivity contribution < 1.29 is 53.7 Å². The second-order valence-electron chi connectivity index (χ2n) is 11.4. The number of hydrogen-bond donors (Lipinski definition) is 1. The minimum atomic E-state index is -1.56. The third kappa shape index (κ3) is 12.4. The molecule has 1 atom stereocenters. The zero-order valence-electron chi connectivity index (χ0n) is 27.0. The summed E-state index contributed by atoms with van der Waals surface area (Å²) < 4.78 is 11.9. The molecule has 0 aromatic heterocycles. The molecule has 0 heterocycles. The molecule has 3 rings (SSSR count). The van der Waals surface area contributed by atoms with E-state index in [0.29, 0.717) is 46.2 Å². The number of hydrogen-bond acceptors (Lipinski definition) is 5. The molecule has 238 valence electrons. The number of ether oxygens (including phenoxy) is 2. The summed E-state index contributed by atoms with van der Waals surface area (Å²) in [5, 5.41) is 15.6. The van der Waals surface area contributed by atoms with Crippen LogP contribution in [0.15, 0.2) is 66.7 Å². The molecule has 10 heteroatoms. The van der Waals surface area contributed by atoms with Crippen molar-refractivity contribution in [2.75, 3.05) is 25.0 Å². The largest absolute Gasteiger partial charge is 1.00 e. The van der Waals surface area contributed by atoms with Crippen molar-refractivity contribution in [3.05, 3.63) is 87.9 Å². The summed E-state index contributed by atoms with van der Waals surface area (Å²) in [5.41, 5.74) is 0.800. The van der Waals surface area contributed by atoms with Crippen molar-refractivity contribution in [1.82, 2.24) is 4.90 Å². The van der Waals surface area contributed by atoms with Crippen LogP contribution in [0.4, 0.5) is 10.5 Å². The molecule has 2 amide bonds. The summed E-state index contributed by atoms with van der Waals surface area (Å²) in [4.78, 5) is 27.0. The number of nitrogens with zero attached hydrogens (tertiary/aromatic N) is 1. The average molecular weight is 666 g/mol. The van der Waals surface area contributed by atoms with E-state index in [1.165, 1.54) is 13.3 Å².